The maximum atomic E-state index is 13.3. The number of aryl methyl sites for hydroxylation is 1. The monoisotopic (exact) mass is 369 g/mol. The lowest BCUT2D eigenvalue weighted by Gasteiger charge is -2.08. The van der Waals surface area contributed by atoms with E-state index in [0.29, 0.717) is 17.0 Å². The van der Waals surface area contributed by atoms with E-state index in [1.807, 2.05) is 12.3 Å². The van der Waals surface area contributed by atoms with Crippen molar-refractivity contribution in [1.82, 2.24) is 24.6 Å². The predicted octanol–water partition coefficient (Wildman–Crippen LogP) is 3.25. The number of fused-ring (bicyclic) bond motifs is 1. The topological polar surface area (TPSA) is 82.3 Å². The first-order chi connectivity index (χ1) is 12.6. The number of carbonyl (C=O) groups is 1. The van der Waals surface area contributed by atoms with Crippen molar-refractivity contribution < 1.29 is 13.9 Å². The highest BCUT2D eigenvalue weighted by Gasteiger charge is 2.17. The Morgan fingerprint density at radius 3 is 2.96 bits per heavy atom. The van der Waals surface area contributed by atoms with Crippen molar-refractivity contribution in [1.29, 1.82) is 0 Å². The number of Topliss-reactive ketones (excluding diaryl/α,β-unsaturated/α-hetero) is 1. The van der Waals surface area contributed by atoms with Crippen LogP contribution in [0.4, 0.5) is 4.39 Å². The average molecular weight is 369 g/mol. The molecule has 0 aliphatic heterocycles. The third kappa shape index (κ3) is 3.29. The normalized spacial score (nSPS) is 11.0. The van der Waals surface area contributed by atoms with E-state index in [9.17, 15) is 9.18 Å². The number of carbonyl (C=O) groups excluding carboxylic acids is 1. The van der Waals surface area contributed by atoms with Gasteiger partial charge in [-0.3, -0.25) is 14.2 Å². The number of ether oxygens (including phenoxy) is 1. The van der Waals surface area contributed by atoms with Gasteiger partial charge >= 0.3 is 0 Å². The molecule has 4 heterocycles. The largest absolute Gasteiger partial charge is 0.454 e. The lowest BCUT2D eigenvalue weighted by atomic mass is 10.1. The highest BCUT2D eigenvalue weighted by atomic mass is 32.1. The van der Waals surface area contributed by atoms with Crippen LogP contribution >= 0.6 is 11.3 Å². The van der Waals surface area contributed by atoms with Crippen LogP contribution in [0.1, 0.15) is 21.1 Å². The highest BCUT2D eigenvalue weighted by Crippen LogP contribution is 2.25. The molecule has 0 aliphatic rings. The van der Waals surface area contributed by atoms with Crippen LogP contribution in [0.25, 0.3) is 5.65 Å². The molecule has 4 aromatic heterocycles. The molecular weight excluding hydrogens is 357 g/mol. The molecule has 26 heavy (non-hydrogen) atoms. The Labute approximate surface area is 151 Å². The lowest BCUT2D eigenvalue weighted by molar-refractivity contribution is 0.0993. The molecule has 0 saturated heterocycles. The number of ketones is 1. The van der Waals surface area contributed by atoms with E-state index in [2.05, 4.69) is 20.2 Å². The van der Waals surface area contributed by atoms with Gasteiger partial charge in [0.05, 0.1) is 30.6 Å². The Morgan fingerprint density at radius 2 is 2.19 bits per heavy atom. The van der Waals surface area contributed by atoms with Crippen LogP contribution in [0.5, 0.6) is 11.5 Å². The number of rotatable bonds is 5. The van der Waals surface area contributed by atoms with Crippen molar-refractivity contribution in [2.24, 2.45) is 0 Å². The van der Waals surface area contributed by atoms with Crippen molar-refractivity contribution in [3.05, 3.63) is 64.5 Å². The van der Waals surface area contributed by atoms with Gasteiger partial charge in [-0.15, -0.1) is 21.5 Å². The van der Waals surface area contributed by atoms with Crippen LogP contribution < -0.4 is 4.74 Å². The molecule has 0 spiro atoms. The molecule has 4 aromatic rings. The molecule has 0 radical (unpaired) electrons. The summed E-state index contributed by atoms with van der Waals surface area (Å²) in [5.74, 6) is -0.0850. The Hall–Kier alpha value is -3.20. The van der Waals surface area contributed by atoms with E-state index in [1.54, 1.807) is 16.7 Å². The van der Waals surface area contributed by atoms with E-state index in [1.165, 1.54) is 29.9 Å². The fraction of sp³-hybridized carbons (Fsp3) is 0.118. The molecule has 0 aliphatic carbocycles. The fourth-order valence-corrected chi connectivity index (χ4v) is 3.24. The van der Waals surface area contributed by atoms with Crippen molar-refractivity contribution >= 4 is 22.8 Å². The van der Waals surface area contributed by atoms with Crippen molar-refractivity contribution in [2.75, 3.05) is 0 Å². The van der Waals surface area contributed by atoms with Crippen molar-refractivity contribution in [2.45, 2.75) is 13.3 Å². The fourth-order valence-electron chi connectivity index (χ4n) is 2.47. The number of thiazole rings is 1. The molecule has 0 aromatic carbocycles. The zero-order chi connectivity index (χ0) is 18.1. The summed E-state index contributed by atoms with van der Waals surface area (Å²) in [5.41, 5.74) is 1.66. The average Bonchev–Trinajstić information content (AvgIpc) is 3.23. The number of halogens is 1. The van der Waals surface area contributed by atoms with Gasteiger partial charge in [0.15, 0.2) is 11.4 Å². The minimum Gasteiger partial charge on any atom is -0.454 e. The van der Waals surface area contributed by atoms with Gasteiger partial charge in [-0.1, -0.05) is 0 Å². The molecule has 9 heteroatoms. The molecule has 130 valence electrons. The summed E-state index contributed by atoms with van der Waals surface area (Å²) in [7, 11) is 0. The van der Waals surface area contributed by atoms with Crippen molar-refractivity contribution in [3.63, 3.8) is 0 Å². The van der Waals surface area contributed by atoms with Gasteiger partial charge < -0.3 is 4.74 Å². The van der Waals surface area contributed by atoms with Crippen LogP contribution in [-0.2, 0) is 6.42 Å². The van der Waals surface area contributed by atoms with Gasteiger partial charge in [0, 0.05) is 17.1 Å². The third-order valence-corrected chi connectivity index (χ3v) is 4.53. The van der Waals surface area contributed by atoms with Gasteiger partial charge in [-0.05, 0) is 13.0 Å². The second kappa shape index (κ2) is 6.60. The standard InChI is InChI=1S/C17H12FN5O2S/c1-10-8-26-16(21-10)4-15(24)14-3-13(7-23-9-20-22-17(14)23)25-12-2-11(18)5-19-6-12/h2-3,5-9H,4H2,1H3. The Balaban J connectivity index is 1.69. The van der Waals surface area contributed by atoms with Crippen molar-refractivity contribution in [3.8, 4) is 11.5 Å². The van der Waals surface area contributed by atoms with E-state index < -0.39 is 5.82 Å². The predicted molar refractivity (Wildman–Crippen MR) is 92.1 cm³/mol. The summed E-state index contributed by atoms with van der Waals surface area (Å²) in [5, 5.41) is 10.5. The smallest absolute Gasteiger partial charge is 0.173 e. The molecule has 0 bridgehead atoms. The Kier molecular flexibility index (Phi) is 4.13. The van der Waals surface area contributed by atoms with E-state index >= 15 is 0 Å². The first-order valence-electron chi connectivity index (χ1n) is 7.64. The SMILES string of the molecule is Cc1csc(CC(=O)c2cc(Oc3cncc(F)c3)cn3cnnc23)n1. The highest BCUT2D eigenvalue weighted by molar-refractivity contribution is 7.09. The van der Waals surface area contributed by atoms with Gasteiger partial charge in [-0.2, -0.15) is 0 Å². The summed E-state index contributed by atoms with van der Waals surface area (Å²) >= 11 is 1.43. The summed E-state index contributed by atoms with van der Waals surface area (Å²) in [6.07, 6.45) is 5.72. The van der Waals surface area contributed by atoms with Gasteiger partial charge in [0.2, 0.25) is 0 Å². The number of hydrogen-bond donors (Lipinski definition) is 0. The molecule has 0 N–H and O–H groups in total. The quantitative estimate of drug-likeness (QED) is 0.502. The zero-order valence-electron chi connectivity index (χ0n) is 13.6. The second-order valence-electron chi connectivity index (χ2n) is 5.57. The van der Waals surface area contributed by atoms with E-state index in [0.717, 1.165) is 16.9 Å². The molecule has 7 nitrogen and oxygen atoms in total. The molecule has 0 atom stereocenters. The van der Waals surface area contributed by atoms with E-state index in [4.69, 9.17) is 4.74 Å². The number of nitrogens with zero attached hydrogens (tertiary/aromatic N) is 5. The second-order valence-corrected chi connectivity index (χ2v) is 6.52. The molecule has 0 unspecified atom stereocenters. The minimum absolute atomic E-state index is 0.153. The van der Waals surface area contributed by atoms with E-state index in [-0.39, 0.29) is 18.0 Å². The summed E-state index contributed by atoms with van der Waals surface area (Å²) < 4.78 is 20.5. The van der Waals surface area contributed by atoms with Crippen LogP contribution in [-0.4, -0.2) is 30.3 Å². The van der Waals surface area contributed by atoms with Crippen LogP contribution in [0.15, 0.2) is 42.4 Å². The number of aromatic nitrogens is 5. The van der Waals surface area contributed by atoms with Crippen LogP contribution in [0.3, 0.4) is 0 Å². The maximum Gasteiger partial charge on any atom is 0.173 e. The Bertz CT molecular complexity index is 1110. The van der Waals surface area contributed by atoms with Crippen LogP contribution in [0, 0.1) is 12.7 Å². The first kappa shape index (κ1) is 16.3. The zero-order valence-corrected chi connectivity index (χ0v) is 14.4. The molecule has 0 amide bonds. The maximum absolute atomic E-state index is 13.3. The Morgan fingerprint density at radius 1 is 1.31 bits per heavy atom. The summed E-state index contributed by atoms with van der Waals surface area (Å²) in [6, 6.07) is 2.78. The minimum atomic E-state index is -0.511. The van der Waals surface area contributed by atoms with Gasteiger partial charge in [0.1, 0.15) is 28.7 Å². The summed E-state index contributed by atoms with van der Waals surface area (Å²) in [6.45, 7) is 1.88. The molecule has 4 rings (SSSR count). The third-order valence-electron chi connectivity index (χ3n) is 3.56. The summed E-state index contributed by atoms with van der Waals surface area (Å²) in [4.78, 5) is 20.8. The first-order valence-corrected chi connectivity index (χ1v) is 8.52. The van der Waals surface area contributed by atoms with Gasteiger partial charge in [0.25, 0.3) is 0 Å². The van der Waals surface area contributed by atoms with Crippen LogP contribution in [0.2, 0.25) is 0 Å². The number of hydrogen-bond acceptors (Lipinski definition) is 7. The number of pyridine rings is 2. The molecule has 0 saturated carbocycles. The van der Waals surface area contributed by atoms with Gasteiger partial charge in [-0.25, -0.2) is 9.37 Å². The lowest BCUT2D eigenvalue weighted by Crippen LogP contribution is -2.07. The molecular formula is C17H12FN5O2S. The molecule has 0 fully saturated rings.